The Balaban J connectivity index is 1.92. The lowest BCUT2D eigenvalue weighted by atomic mass is 10.3. The molecule has 0 bridgehead atoms. The highest BCUT2D eigenvalue weighted by Gasteiger charge is 2.11. The molecule has 104 valence electrons. The van der Waals surface area contributed by atoms with Crippen molar-refractivity contribution in [3.05, 3.63) is 34.3 Å². The molecular formula is C14H22N4S. The summed E-state index contributed by atoms with van der Waals surface area (Å²) in [5, 5.41) is 4.66. The number of nitrogens with zero attached hydrogens (tertiary/aromatic N) is 3. The quantitative estimate of drug-likeness (QED) is 0.846. The third-order valence-corrected chi connectivity index (χ3v) is 4.45. The van der Waals surface area contributed by atoms with Crippen molar-refractivity contribution in [2.45, 2.75) is 52.7 Å². The van der Waals surface area contributed by atoms with Crippen molar-refractivity contribution in [3.63, 3.8) is 0 Å². The van der Waals surface area contributed by atoms with Crippen LogP contribution in [0.5, 0.6) is 0 Å². The zero-order valence-corrected chi connectivity index (χ0v) is 12.7. The fourth-order valence-corrected chi connectivity index (χ4v) is 2.85. The molecular weight excluding hydrogens is 256 g/mol. The number of rotatable bonds is 7. The molecule has 2 rings (SSSR count). The summed E-state index contributed by atoms with van der Waals surface area (Å²) in [6.07, 6.45) is 8.09. The normalized spacial score (nSPS) is 12.8. The summed E-state index contributed by atoms with van der Waals surface area (Å²) in [6.45, 7) is 8.32. The van der Waals surface area contributed by atoms with Gasteiger partial charge in [-0.15, -0.1) is 11.3 Å². The van der Waals surface area contributed by atoms with Crippen molar-refractivity contribution in [1.29, 1.82) is 0 Å². The summed E-state index contributed by atoms with van der Waals surface area (Å²) in [6, 6.07) is 0.275. The van der Waals surface area contributed by atoms with E-state index in [4.69, 9.17) is 0 Å². The maximum atomic E-state index is 4.47. The monoisotopic (exact) mass is 278 g/mol. The van der Waals surface area contributed by atoms with Gasteiger partial charge in [0, 0.05) is 30.0 Å². The van der Waals surface area contributed by atoms with Crippen LogP contribution in [0.15, 0.2) is 18.6 Å². The van der Waals surface area contributed by atoms with Gasteiger partial charge in [-0.05, 0) is 19.8 Å². The van der Waals surface area contributed by atoms with Crippen LogP contribution in [0.4, 0.5) is 0 Å². The molecule has 1 unspecified atom stereocenters. The molecule has 0 aromatic carbocycles. The van der Waals surface area contributed by atoms with Crippen LogP contribution in [-0.2, 0) is 19.5 Å². The van der Waals surface area contributed by atoms with Crippen molar-refractivity contribution >= 4 is 11.3 Å². The van der Waals surface area contributed by atoms with Gasteiger partial charge in [-0.2, -0.15) is 0 Å². The summed E-state index contributed by atoms with van der Waals surface area (Å²) in [5.74, 6) is 1.10. The first-order valence-corrected chi connectivity index (χ1v) is 7.74. The largest absolute Gasteiger partial charge is 0.334 e. The van der Waals surface area contributed by atoms with E-state index in [9.17, 15) is 0 Å². The van der Waals surface area contributed by atoms with Crippen LogP contribution in [0.1, 0.15) is 48.9 Å². The molecule has 0 radical (unpaired) electrons. The smallest absolute Gasteiger partial charge is 0.122 e. The van der Waals surface area contributed by atoms with Gasteiger partial charge in [-0.25, -0.2) is 9.97 Å². The minimum Gasteiger partial charge on any atom is -0.334 e. The molecule has 2 aromatic rings. The minimum absolute atomic E-state index is 0.275. The van der Waals surface area contributed by atoms with Gasteiger partial charge in [0.15, 0.2) is 0 Å². The molecule has 1 atom stereocenters. The maximum Gasteiger partial charge on any atom is 0.122 e. The predicted octanol–water partition coefficient (Wildman–Crippen LogP) is 3.16. The lowest BCUT2D eigenvalue weighted by Crippen LogP contribution is -2.20. The zero-order valence-electron chi connectivity index (χ0n) is 11.9. The van der Waals surface area contributed by atoms with Crippen molar-refractivity contribution in [2.24, 2.45) is 0 Å². The van der Waals surface area contributed by atoms with Gasteiger partial charge < -0.3 is 9.88 Å². The third kappa shape index (κ3) is 3.64. The van der Waals surface area contributed by atoms with E-state index in [0.29, 0.717) is 0 Å². The number of thiazole rings is 1. The van der Waals surface area contributed by atoms with Gasteiger partial charge in [0.1, 0.15) is 10.8 Å². The fourth-order valence-electron chi connectivity index (χ4n) is 1.97. The molecule has 0 fully saturated rings. The number of hydrogen-bond acceptors (Lipinski definition) is 4. The van der Waals surface area contributed by atoms with Crippen molar-refractivity contribution in [2.75, 3.05) is 0 Å². The summed E-state index contributed by atoms with van der Waals surface area (Å²) in [5.41, 5.74) is 0. The molecule has 19 heavy (non-hydrogen) atoms. The molecule has 0 amide bonds. The maximum absolute atomic E-state index is 4.47. The first kappa shape index (κ1) is 14.2. The second-order valence-electron chi connectivity index (χ2n) is 4.66. The third-order valence-electron chi connectivity index (χ3n) is 3.12. The molecule has 0 spiro atoms. The lowest BCUT2D eigenvalue weighted by Gasteiger charge is -2.12. The Bertz CT molecular complexity index is 503. The minimum atomic E-state index is 0.275. The first-order chi connectivity index (χ1) is 9.24. The van der Waals surface area contributed by atoms with E-state index in [1.54, 1.807) is 11.3 Å². The van der Waals surface area contributed by atoms with Gasteiger partial charge in [-0.3, -0.25) is 0 Å². The Kier molecular flexibility index (Phi) is 5.10. The number of imidazole rings is 1. The van der Waals surface area contributed by atoms with E-state index in [0.717, 1.165) is 36.8 Å². The lowest BCUT2D eigenvalue weighted by molar-refractivity contribution is 0.530. The summed E-state index contributed by atoms with van der Waals surface area (Å²) < 4.78 is 2.21. The second-order valence-corrected chi connectivity index (χ2v) is 5.80. The topological polar surface area (TPSA) is 42.7 Å². The Morgan fingerprint density at radius 2 is 2.21 bits per heavy atom. The van der Waals surface area contributed by atoms with Crippen LogP contribution >= 0.6 is 11.3 Å². The highest BCUT2D eigenvalue weighted by Crippen LogP contribution is 2.20. The summed E-state index contributed by atoms with van der Waals surface area (Å²) in [4.78, 5) is 10.2. The Morgan fingerprint density at radius 1 is 1.37 bits per heavy atom. The van der Waals surface area contributed by atoms with Crippen molar-refractivity contribution < 1.29 is 0 Å². The van der Waals surface area contributed by atoms with Gasteiger partial charge >= 0.3 is 0 Å². The zero-order chi connectivity index (χ0) is 13.7. The second kappa shape index (κ2) is 6.82. The molecule has 0 aliphatic rings. The van der Waals surface area contributed by atoms with Gasteiger partial charge in [0.25, 0.3) is 0 Å². The number of aryl methyl sites for hydroxylation is 2. The SMILES string of the molecule is CCCn1ccnc1CNC(C)c1ncc(CC)s1. The van der Waals surface area contributed by atoms with E-state index < -0.39 is 0 Å². The molecule has 0 saturated carbocycles. The van der Waals surface area contributed by atoms with Crippen molar-refractivity contribution in [3.8, 4) is 0 Å². The van der Waals surface area contributed by atoms with E-state index in [1.807, 2.05) is 18.6 Å². The van der Waals surface area contributed by atoms with Crippen LogP contribution in [0.3, 0.4) is 0 Å². The average molecular weight is 278 g/mol. The standard InChI is InChI=1S/C14H22N4S/c1-4-7-18-8-6-15-13(18)10-16-11(3)14-17-9-12(5-2)19-14/h6,8-9,11,16H,4-5,7,10H2,1-3H3. The molecule has 4 nitrogen and oxygen atoms in total. The van der Waals surface area contributed by atoms with Crippen molar-refractivity contribution in [1.82, 2.24) is 19.9 Å². The average Bonchev–Trinajstić information content (AvgIpc) is 3.05. The van der Waals surface area contributed by atoms with Crippen LogP contribution < -0.4 is 5.32 Å². The molecule has 5 heteroatoms. The fraction of sp³-hybridized carbons (Fsp3) is 0.571. The van der Waals surface area contributed by atoms with Crippen LogP contribution in [0.25, 0.3) is 0 Å². The summed E-state index contributed by atoms with van der Waals surface area (Å²) >= 11 is 1.79. The van der Waals surface area contributed by atoms with Gasteiger partial charge in [0.2, 0.25) is 0 Å². The first-order valence-electron chi connectivity index (χ1n) is 6.92. The van der Waals surface area contributed by atoms with E-state index in [-0.39, 0.29) is 6.04 Å². The summed E-state index contributed by atoms with van der Waals surface area (Å²) in [7, 11) is 0. The Morgan fingerprint density at radius 3 is 2.89 bits per heavy atom. The molecule has 0 aliphatic carbocycles. The molecule has 2 aromatic heterocycles. The van der Waals surface area contributed by atoms with Gasteiger partial charge in [-0.1, -0.05) is 13.8 Å². The number of aromatic nitrogens is 3. The van der Waals surface area contributed by atoms with Crippen LogP contribution in [-0.4, -0.2) is 14.5 Å². The van der Waals surface area contributed by atoms with E-state index in [1.165, 1.54) is 4.88 Å². The number of hydrogen-bond donors (Lipinski definition) is 1. The highest BCUT2D eigenvalue weighted by molar-refractivity contribution is 7.11. The predicted molar refractivity (Wildman–Crippen MR) is 79.3 cm³/mol. The van der Waals surface area contributed by atoms with Crippen LogP contribution in [0, 0.1) is 0 Å². The highest BCUT2D eigenvalue weighted by atomic mass is 32.1. The van der Waals surface area contributed by atoms with E-state index >= 15 is 0 Å². The Hall–Kier alpha value is -1.20. The molecule has 0 aliphatic heterocycles. The molecule has 0 saturated heterocycles. The van der Waals surface area contributed by atoms with Crippen LogP contribution in [0.2, 0.25) is 0 Å². The number of nitrogens with one attached hydrogen (secondary N) is 1. The molecule has 2 heterocycles. The molecule has 1 N–H and O–H groups in total. The van der Waals surface area contributed by atoms with E-state index in [2.05, 4.69) is 40.6 Å². The Labute approximate surface area is 118 Å². The van der Waals surface area contributed by atoms with Gasteiger partial charge in [0.05, 0.1) is 12.6 Å².